The Morgan fingerprint density at radius 2 is 1.47 bits per heavy atom. The molecule has 5 heteroatoms. The Hall–Kier alpha value is -1.03. The topological polar surface area (TPSA) is 44.2 Å². The van der Waals surface area contributed by atoms with Crippen LogP contribution in [0.1, 0.15) is 39.5 Å². The van der Waals surface area contributed by atoms with Crippen LogP contribution in [0.4, 0.5) is 0 Å². The summed E-state index contributed by atoms with van der Waals surface area (Å²) in [6.07, 6.45) is 4.15. The Morgan fingerprint density at radius 3 is 1.88 bits per heavy atom. The molecule has 0 amide bonds. The van der Waals surface area contributed by atoms with Gasteiger partial charge in [-0.25, -0.2) is 0 Å². The maximum Gasteiger partial charge on any atom is 0.228 e. The molecule has 0 spiro atoms. The molecule has 1 aromatic heterocycles. The van der Waals surface area contributed by atoms with Crippen molar-refractivity contribution in [3.63, 3.8) is 0 Å². The van der Waals surface area contributed by atoms with Crippen molar-refractivity contribution in [3.05, 3.63) is 11.3 Å². The molecule has 0 radical (unpaired) electrons. The van der Waals surface area contributed by atoms with Gasteiger partial charge in [0, 0.05) is 0 Å². The van der Waals surface area contributed by atoms with Crippen molar-refractivity contribution >= 4 is 11.6 Å². The van der Waals surface area contributed by atoms with Gasteiger partial charge in [-0.15, -0.1) is 0 Å². The summed E-state index contributed by atoms with van der Waals surface area (Å²) >= 11 is 5.79. The van der Waals surface area contributed by atoms with Crippen molar-refractivity contribution in [1.29, 1.82) is 0 Å². The van der Waals surface area contributed by atoms with Gasteiger partial charge in [0.05, 0.1) is 19.3 Å². The summed E-state index contributed by atoms with van der Waals surface area (Å²) in [7, 11) is 0. The number of ether oxygens (including phenoxy) is 2. The number of halogens is 1. The third-order valence-corrected chi connectivity index (χ3v) is 2.32. The van der Waals surface area contributed by atoms with E-state index in [4.69, 9.17) is 21.1 Å². The van der Waals surface area contributed by atoms with Gasteiger partial charge in [0.15, 0.2) is 0 Å². The van der Waals surface area contributed by atoms with Gasteiger partial charge in [-0.05, 0) is 24.4 Å². The molecule has 4 nitrogen and oxygen atoms in total. The quantitative estimate of drug-likeness (QED) is 0.529. The van der Waals surface area contributed by atoms with E-state index in [-0.39, 0.29) is 5.28 Å². The molecule has 17 heavy (non-hydrogen) atoms. The Bertz CT molecular complexity index is 306. The van der Waals surface area contributed by atoms with E-state index in [0.29, 0.717) is 25.0 Å². The van der Waals surface area contributed by atoms with Crippen LogP contribution in [0.15, 0.2) is 6.07 Å². The van der Waals surface area contributed by atoms with Crippen LogP contribution in [0.25, 0.3) is 0 Å². The Morgan fingerprint density at radius 1 is 1.00 bits per heavy atom. The monoisotopic (exact) mass is 258 g/mol. The summed E-state index contributed by atoms with van der Waals surface area (Å²) in [6, 6.07) is 1.68. The normalized spacial score (nSPS) is 10.3. The summed E-state index contributed by atoms with van der Waals surface area (Å²) < 4.78 is 10.9. The van der Waals surface area contributed by atoms with Crippen LogP contribution in [0.2, 0.25) is 5.28 Å². The Labute approximate surface area is 107 Å². The summed E-state index contributed by atoms with van der Waals surface area (Å²) in [5.74, 6) is 0.954. The minimum Gasteiger partial charge on any atom is -0.477 e. The van der Waals surface area contributed by atoms with E-state index in [0.717, 1.165) is 25.7 Å². The van der Waals surface area contributed by atoms with Crippen LogP contribution in [-0.4, -0.2) is 23.2 Å². The average molecular weight is 259 g/mol. The van der Waals surface area contributed by atoms with E-state index in [1.807, 2.05) is 0 Å². The highest BCUT2D eigenvalue weighted by Crippen LogP contribution is 2.18. The number of aromatic nitrogens is 2. The summed E-state index contributed by atoms with van der Waals surface area (Å²) in [5.41, 5.74) is 0. The molecule has 0 aliphatic rings. The first-order valence-corrected chi connectivity index (χ1v) is 6.44. The van der Waals surface area contributed by atoms with Gasteiger partial charge in [0.1, 0.15) is 0 Å². The molecule has 0 atom stereocenters. The highest BCUT2D eigenvalue weighted by atomic mass is 35.5. The number of unbranched alkanes of at least 4 members (excludes halogenated alkanes) is 2. The summed E-state index contributed by atoms with van der Waals surface area (Å²) in [6.45, 7) is 5.49. The molecule has 1 aromatic rings. The predicted octanol–water partition coefficient (Wildman–Crippen LogP) is 3.49. The molecule has 0 aliphatic carbocycles. The molecule has 0 unspecified atom stereocenters. The second-order valence-electron chi connectivity index (χ2n) is 3.72. The zero-order chi connectivity index (χ0) is 12.5. The molecule has 0 bridgehead atoms. The zero-order valence-corrected chi connectivity index (χ0v) is 11.2. The molecule has 0 aromatic carbocycles. The van der Waals surface area contributed by atoms with Gasteiger partial charge in [0.25, 0.3) is 0 Å². The first kappa shape index (κ1) is 14.0. The third kappa shape index (κ3) is 5.73. The number of hydrogen-bond acceptors (Lipinski definition) is 4. The maximum absolute atomic E-state index is 5.79. The molecular weight excluding hydrogens is 240 g/mol. The highest BCUT2D eigenvalue weighted by molar-refractivity contribution is 6.28. The van der Waals surface area contributed by atoms with Gasteiger partial charge < -0.3 is 9.47 Å². The molecule has 0 aliphatic heterocycles. The lowest BCUT2D eigenvalue weighted by Crippen LogP contribution is -2.03. The lowest BCUT2D eigenvalue weighted by atomic mass is 10.4. The van der Waals surface area contributed by atoms with E-state index < -0.39 is 0 Å². The van der Waals surface area contributed by atoms with Crippen molar-refractivity contribution in [1.82, 2.24) is 9.97 Å². The fourth-order valence-corrected chi connectivity index (χ4v) is 1.33. The van der Waals surface area contributed by atoms with Crippen LogP contribution in [-0.2, 0) is 0 Å². The molecule has 0 N–H and O–H groups in total. The van der Waals surface area contributed by atoms with Crippen molar-refractivity contribution < 1.29 is 9.47 Å². The van der Waals surface area contributed by atoms with Crippen molar-refractivity contribution in [3.8, 4) is 11.8 Å². The third-order valence-electron chi connectivity index (χ3n) is 2.15. The van der Waals surface area contributed by atoms with Crippen molar-refractivity contribution in [2.75, 3.05) is 13.2 Å². The number of nitrogens with zero attached hydrogens (tertiary/aromatic N) is 2. The van der Waals surface area contributed by atoms with Crippen LogP contribution >= 0.6 is 11.6 Å². The predicted molar refractivity (Wildman–Crippen MR) is 67.8 cm³/mol. The fraction of sp³-hybridized carbons (Fsp3) is 0.667. The Kier molecular flexibility index (Phi) is 6.70. The standard InChI is InChI=1S/C12H19ClN2O2/c1-3-5-7-16-10-9-11(15-12(13)14-10)17-8-6-4-2/h9H,3-8H2,1-2H3. The molecule has 0 saturated carbocycles. The van der Waals surface area contributed by atoms with E-state index in [2.05, 4.69) is 23.8 Å². The Balaban J connectivity index is 2.53. The van der Waals surface area contributed by atoms with Gasteiger partial charge in [-0.2, -0.15) is 9.97 Å². The molecular formula is C12H19ClN2O2. The van der Waals surface area contributed by atoms with Gasteiger partial charge in [-0.1, -0.05) is 26.7 Å². The molecule has 1 heterocycles. The molecule has 0 saturated heterocycles. The fourth-order valence-electron chi connectivity index (χ4n) is 1.17. The van der Waals surface area contributed by atoms with Crippen molar-refractivity contribution in [2.24, 2.45) is 0 Å². The largest absolute Gasteiger partial charge is 0.477 e. The SMILES string of the molecule is CCCCOc1cc(OCCCC)nc(Cl)n1. The van der Waals surface area contributed by atoms with Gasteiger partial charge >= 0.3 is 0 Å². The van der Waals surface area contributed by atoms with E-state index in [1.165, 1.54) is 0 Å². The molecule has 0 fully saturated rings. The van der Waals surface area contributed by atoms with Crippen molar-refractivity contribution in [2.45, 2.75) is 39.5 Å². The first-order chi connectivity index (χ1) is 8.26. The minimum atomic E-state index is 0.158. The van der Waals surface area contributed by atoms with Crippen LogP contribution in [0.5, 0.6) is 11.8 Å². The number of rotatable bonds is 8. The van der Waals surface area contributed by atoms with Crippen LogP contribution < -0.4 is 9.47 Å². The lowest BCUT2D eigenvalue weighted by Gasteiger charge is -2.07. The second-order valence-corrected chi connectivity index (χ2v) is 4.06. The highest BCUT2D eigenvalue weighted by Gasteiger charge is 2.04. The zero-order valence-electron chi connectivity index (χ0n) is 10.4. The molecule has 1 rings (SSSR count). The second kappa shape index (κ2) is 8.12. The van der Waals surface area contributed by atoms with Gasteiger partial charge in [-0.3, -0.25) is 0 Å². The molecule has 96 valence electrons. The smallest absolute Gasteiger partial charge is 0.228 e. The first-order valence-electron chi connectivity index (χ1n) is 6.06. The average Bonchev–Trinajstić information content (AvgIpc) is 2.29. The van der Waals surface area contributed by atoms with E-state index in [1.54, 1.807) is 6.07 Å². The van der Waals surface area contributed by atoms with Crippen LogP contribution in [0.3, 0.4) is 0 Å². The maximum atomic E-state index is 5.79. The van der Waals surface area contributed by atoms with Gasteiger partial charge in [0.2, 0.25) is 17.0 Å². The lowest BCUT2D eigenvalue weighted by molar-refractivity contribution is 0.278. The van der Waals surface area contributed by atoms with E-state index >= 15 is 0 Å². The van der Waals surface area contributed by atoms with Crippen LogP contribution in [0, 0.1) is 0 Å². The summed E-state index contributed by atoms with van der Waals surface area (Å²) in [5, 5.41) is 0.158. The summed E-state index contributed by atoms with van der Waals surface area (Å²) in [4.78, 5) is 7.97. The van der Waals surface area contributed by atoms with E-state index in [9.17, 15) is 0 Å². The number of hydrogen-bond donors (Lipinski definition) is 0. The minimum absolute atomic E-state index is 0.158.